The Morgan fingerprint density at radius 1 is 1.15 bits per heavy atom. The van der Waals surface area contributed by atoms with E-state index in [1.807, 2.05) is 5.32 Å². The van der Waals surface area contributed by atoms with Gasteiger partial charge in [0.2, 0.25) is 0 Å². The van der Waals surface area contributed by atoms with Gasteiger partial charge in [-0.1, -0.05) is 13.8 Å². The van der Waals surface area contributed by atoms with Gasteiger partial charge >= 0.3 is 12.1 Å². The van der Waals surface area contributed by atoms with Gasteiger partial charge in [-0.25, -0.2) is 4.39 Å². The van der Waals surface area contributed by atoms with Crippen molar-refractivity contribution in [3.05, 3.63) is 58.7 Å². The average molecular weight is 478 g/mol. The quantitative estimate of drug-likeness (QED) is 0.386. The van der Waals surface area contributed by atoms with Crippen molar-refractivity contribution >= 4 is 17.7 Å². The highest BCUT2D eigenvalue weighted by Gasteiger charge is 2.64. The molecule has 0 radical (unpaired) electrons. The second-order valence-corrected chi connectivity index (χ2v) is 9.45. The van der Waals surface area contributed by atoms with Crippen LogP contribution in [0, 0.1) is 5.82 Å². The Morgan fingerprint density at radius 3 is 2.50 bits per heavy atom. The van der Waals surface area contributed by atoms with Crippen LogP contribution in [0.5, 0.6) is 5.75 Å². The predicted octanol–water partition coefficient (Wildman–Crippen LogP) is 3.99. The van der Waals surface area contributed by atoms with Crippen LogP contribution >= 0.6 is 0 Å². The predicted molar refractivity (Wildman–Crippen MR) is 112 cm³/mol. The van der Waals surface area contributed by atoms with Crippen LogP contribution < -0.4 is 10.1 Å². The first-order valence-electron chi connectivity index (χ1n) is 10.7. The van der Waals surface area contributed by atoms with Gasteiger partial charge in [0, 0.05) is 30.0 Å². The zero-order valence-corrected chi connectivity index (χ0v) is 18.5. The number of Topliss-reactive ketones (excluding diaryl/α,β-unsaturated/α-hetero) is 1. The van der Waals surface area contributed by atoms with E-state index in [9.17, 15) is 31.9 Å². The fourth-order valence-corrected chi connectivity index (χ4v) is 4.06. The Kier molecular flexibility index (Phi) is 5.73. The maximum Gasteiger partial charge on any atom is 0.411 e. The fourth-order valence-electron chi connectivity index (χ4n) is 4.06. The number of nitrogens with one attached hydrogen (secondary N) is 1. The number of carbonyl (C=O) groups excluding carboxylic acids is 3. The lowest BCUT2D eigenvalue weighted by Gasteiger charge is -2.31. The van der Waals surface area contributed by atoms with E-state index in [1.165, 1.54) is 30.5 Å². The van der Waals surface area contributed by atoms with Crippen LogP contribution in [0.15, 0.2) is 30.5 Å². The Hall–Kier alpha value is -3.30. The summed E-state index contributed by atoms with van der Waals surface area (Å²) in [6.07, 6.45) is -4.09. The first kappa shape index (κ1) is 23.8. The number of esters is 1. The van der Waals surface area contributed by atoms with Crippen LogP contribution in [0.1, 0.15) is 60.3 Å². The van der Waals surface area contributed by atoms with Crippen LogP contribution in [0.4, 0.5) is 17.6 Å². The summed E-state index contributed by atoms with van der Waals surface area (Å²) in [5.41, 5.74) is -2.12. The SMILES string of the molecule is CC1(C)CC(=O)Oc2cc(CC(=O)Cc3ccnc(C(=O)NC4(C(F)(F)F)CC4)c3)c(F)cc21. The van der Waals surface area contributed by atoms with Gasteiger partial charge in [0.25, 0.3) is 5.91 Å². The zero-order valence-electron chi connectivity index (χ0n) is 18.5. The molecule has 1 aliphatic heterocycles. The highest BCUT2D eigenvalue weighted by atomic mass is 19.4. The summed E-state index contributed by atoms with van der Waals surface area (Å²) >= 11 is 0. The Morgan fingerprint density at radius 2 is 1.85 bits per heavy atom. The molecule has 180 valence electrons. The third-order valence-electron chi connectivity index (χ3n) is 6.18. The monoisotopic (exact) mass is 478 g/mol. The summed E-state index contributed by atoms with van der Waals surface area (Å²) in [7, 11) is 0. The number of ether oxygens (including phenoxy) is 1. The van der Waals surface area contributed by atoms with Crippen molar-refractivity contribution in [1.29, 1.82) is 0 Å². The van der Waals surface area contributed by atoms with Crippen molar-refractivity contribution in [3.63, 3.8) is 0 Å². The molecule has 1 aliphatic carbocycles. The molecule has 4 rings (SSSR count). The molecule has 1 aromatic carbocycles. The lowest BCUT2D eigenvalue weighted by Crippen LogP contribution is -2.48. The summed E-state index contributed by atoms with van der Waals surface area (Å²) in [5, 5.41) is 1.99. The summed E-state index contributed by atoms with van der Waals surface area (Å²) < 4.78 is 59.2. The van der Waals surface area contributed by atoms with E-state index in [-0.39, 0.29) is 49.1 Å². The molecule has 2 heterocycles. The lowest BCUT2D eigenvalue weighted by molar-refractivity contribution is -0.163. The molecule has 1 aromatic heterocycles. The number of carbonyl (C=O) groups is 3. The molecule has 10 heteroatoms. The molecular weight excluding hydrogens is 456 g/mol. The first-order valence-corrected chi connectivity index (χ1v) is 10.7. The van der Waals surface area contributed by atoms with E-state index in [4.69, 9.17) is 4.74 Å². The molecule has 2 aromatic rings. The summed E-state index contributed by atoms with van der Waals surface area (Å²) in [4.78, 5) is 40.5. The lowest BCUT2D eigenvalue weighted by atomic mass is 9.79. The normalized spacial score (nSPS) is 18.0. The zero-order chi connectivity index (χ0) is 24.9. The maximum atomic E-state index is 14.7. The number of halogens is 4. The van der Waals surface area contributed by atoms with E-state index in [0.29, 0.717) is 11.1 Å². The Labute approximate surface area is 192 Å². The van der Waals surface area contributed by atoms with E-state index < -0.39 is 40.6 Å². The van der Waals surface area contributed by atoms with Crippen molar-refractivity contribution in [2.45, 2.75) is 63.1 Å². The molecule has 0 unspecified atom stereocenters. The summed E-state index contributed by atoms with van der Waals surface area (Å²) in [5.74, 6) is -2.20. The minimum absolute atomic E-state index is 0.0575. The van der Waals surface area contributed by atoms with Gasteiger partial charge < -0.3 is 10.1 Å². The molecule has 0 spiro atoms. The number of alkyl halides is 3. The van der Waals surface area contributed by atoms with E-state index in [1.54, 1.807) is 13.8 Å². The Balaban J connectivity index is 1.46. The molecule has 1 saturated carbocycles. The number of aromatic nitrogens is 1. The van der Waals surface area contributed by atoms with Crippen LogP contribution in [-0.2, 0) is 27.8 Å². The molecule has 2 aliphatic rings. The minimum atomic E-state index is -4.56. The summed E-state index contributed by atoms with van der Waals surface area (Å²) in [6.45, 7) is 3.60. The molecule has 1 N–H and O–H groups in total. The van der Waals surface area contributed by atoms with Gasteiger partial charge in [-0.05, 0) is 48.2 Å². The highest BCUT2D eigenvalue weighted by molar-refractivity contribution is 5.93. The summed E-state index contributed by atoms with van der Waals surface area (Å²) in [6, 6.07) is 5.32. The number of rotatable bonds is 6. The number of hydrogen-bond acceptors (Lipinski definition) is 5. The highest BCUT2D eigenvalue weighted by Crippen LogP contribution is 2.49. The van der Waals surface area contributed by atoms with Gasteiger partial charge in [-0.15, -0.1) is 0 Å². The van der Waals surface area contributed by atoms with E-state index in [2.05, 4.69) is 4.98 Å². The van der Waals surface area contributed by atoms with E-state index >= 15 is 0 Å². The average Bonchev–Trinajstić information content (AvgIpc) is 3.50. The van der Waals surface area contributed by atoms with Gasteiger partial charge in [-0.3, -0.25) is 19.4 Å². The second-order valence-electron chi connectivity index (χ2n) is 9.45. The molecule has 1 amide bonds. The number of hydrogen-bond donors (Lipinski definition) is 1. The van der Waals surface area contributed by atoms with E-state index in [0.717, 1.165) is 0 Å². The molecule has 0 saturated heterocycles. The van der Waals surface area contributed by atoms with Crippen molar-refractivity contribution in [2.75, 3.05) is 0 Å². The minimum Gasteiger partial charge on any atom is -0.426 e. The van der Waals surface area contributed by atoms with Gasteiger partial charge in [-0.2, -0.15) is 13.2 Å². The number of benzene rings is 1. The third-order valence-corrected chi connectivity index (χ3v) is 6.18. The van der Waals surface area contributed by atoms with Crippen molar-refractivity contribution in [3.8, 4) is 5.75 Å². The molecular formula is C24H22F4N2O4. The number of nitrogens with zero attached hydrogens (tertiary/aromatic N) is 1. The number of pyridine rings is 1. The Bertz CT molecular complexity index is 1190. The van der Waals surface area contributed by atoms with Gasteiger partial charge in [0.05, 0.1) is 6.42 Å². The standard InChI is InChI=1S/C24H22F4N2O4/c1-22(2)12-20(32)34-19-10-14(17(25)11-16(19)22)9-15(31)7-13-3-6-29-18(8-13)21(33)30-23(4-5-23)24(26,27)28/h3,6,8,10-11H,4-5,7,9,12H2,1-2H3,(H,30,33). The van der Waals surface area contributed by atoms with Gasteiger partial charge in [0.15, 0.2) is 0 Å². The van der Waals surface area contributed by atoms with Crippen LogP contribution in [-0.4, -0.2) is 34.4 Å². The molecule has 0 atom stereocenters. The van der Waals surface area contributed by atoms with Crippen molar-refractivity contribution < 1.29 is 36.7 Å². The van der Waals surface area contributed by atoms with Crippen molar-refractivity contribution in [2.24, 2.45) is 0 Å². The van der Waals surface area contributed by atoms with Crippen molar-refractivity contribution in [1.82, 2.24) is 10.3 Å². The third kappa shape index (κ3) is 4.67. The fraction of sp³-hybridized carbons (Fsp3) is 0.417. The smallest absolute Gasteiger partial charge is 0.411 e. The van der Waals surface area contributed by atoms with Crippen LogP contribution in [0.2, 0.25) is 0 Å². The topological polar surface area (TPSA) is 85.4 Å². The number of amides is 1. The molecule has 0 bridgehead atoms. The molecule has 1 fully saturated rings. The molecule has 6 nitrogen and oxygen atoms in total. The number of fused-ring (bicyclic) bond motifs is 1. The van der Waals surface area contributed by atoms with Gasteiger partial charge in [0.1, 0.15) is 28.6 Å². The van der Waals surface area contributed by atoms with Crippen LogP contribution in [0.3, 0.4) is 0 Å². The molecule has 34 heavy (non-hydrogen) atoms. The second kappa shape index (κ2) is 8.18. The maximum absolute atomic E-state index is 14.7. The van der Waals surface area contributed by atoms with Crippen LogP contribution in [0.25, 0.3) is 0 Å². The number of ketones is 1. The first-order chi connectivity index (χ1) is 15.8. The largest absolute Gasteiger partial charge is 0.426 e.